The van der Waals surface area contributed by atoms with Gasteiger partial charge in [0.1, 0.15) is 0 Å². The van der Waals surface area contributed by atoms with Gasteiger partial charge in [-0.2, -0.15) is 0 Å². The highest BCUT2D eigenvalue weighted by Gasteiger charge is 2.17. The molecule has 0 spiro atoms. The van der Waals surface area contributed by atoms with Crippen LogP contribution in [-0.4, -0.2) is 76.1 Å². The van der Waals surface area contributed by atoms with Crippen LogP contribution in [0.25, 0.3) is 0 Å². The summed E-state index contributed by atoms with van der Waals surface area (Å²) in [6.07, 6.45) is 1.22. The number of nitrogens with one attached hydrogen (secondary N) is 1. The predicted octanol–water partition coefficient (Wildman–Crippen LogP) is -0.0290. The zero-order chi connectivity index (χ0) is 14.0. The van der Waals surface area contributed by atoms with Gasteiger partial charge in [-0.15, -0.1) is 12.4 Å². The van der Waals surface area contributed by atoms with Crippen LogP contribution < -0.4 is 5.32 Å². The molecule has 0 saturated heterocycles. The van der Waals surface area contributed by atoms with Crippen molar-refractivity contribution in [2.75, 3.05) is 54.5 Å². The van der Waals surface area contributed by atoms with Gasteiger partial charge in [-0.3, -0.25) is 9.59 Å². The molecule has 0 radical (unpaired) electrons. The topological polar surface area (TPSA) is 61.9 Å². The normalized spacial score (nSPS) is 9.68. The summed E-state index contributed by atoms with van der Waals surface area (Å²) in [4.78, 5) is 26.6. The molecule has 7 heteroatoms. The Labute approximate surface area is 121 Å². The minimum atomic E-state index is -0.0759. The number of carbonyl (C=O) groups is 2. The van der Waals surface area contributed by atoms with Crippen LogP contribution >= 0.6 is 12.4 Å². The average Bonchev–Trinajstić information content (AvgIpc) is 2.34. The third kappa shape index (κ3) is 9.69. The molecule has 0 fully saturated rings. The maximum atomic E-state index is 12.0. The van der Waals surface area contributed by atoms with Crippen molar-refractivity contribution in [3.63, 3.8) is 0 Å². The quantitative estimate of drug-likeness (QED) is 0.607. The number of hydrogen-bond acceptors (Lipinski definition) is 4. The first-order valence-corrected chi connectivity index (χ1v) is 6.14. The van der Waals surface area contributed by atoms with Gasteiger partial charge < -0.3 is 19.9 Å². The van der Waals surface area contributed by atoms with Crippen LogP contribution in [-0.2, 0) is 14.3 Å². The van der Waals surface area contributed by atoms with Crippen LogP contribution in [0.1, 0.15) is 12.8 Å². The Balaban J connectivity index is 0. The smallest absolute Gasteiger partial charge is 0.241 e. The van der Waals surface area contributed by atoms with Crippen molar-refractivity contribution in [1.82, 2.24) is 15.1 Å². The number of halogens is 1. The van der Waals surface area contributed by atoms with E-state index in [1.165, 1.54) is 4.90 Å². The highest BCUT2D eigenvalue weighted by molar-refractivity contribution is 5.85. The van der Waals surface area contributed by atoms with E-state index in [9.17, 15) is 9.59 Å². The van der Waals surface area contributed by atoms with E-state index in [0.717, 1.165) is 13.0 Å². The number of likely N-dealkylation sites (N-methyl/N-ethyl adjacent to an activating group) is 1. The Bertz CT molecular complexity index is 263. The summed E-state index contributed by atoms with van der Waals surface area (Å²) in [5.41, 5.74) is 0. The van der Waals surface area contributed by atoms with Gasteiger partial charge in [-0.25, -0.2) is 0 Å². The van der Waals surface area contributed by atoms with Crippen molar-refractivity contribution < 1.29 is 14.3 Å². The summed E-state index contributed by atoms with van der Waals surface area (Å²) < 4.78 is 4.96. The molecule has 0 aromatic rings. The average molecular weight is 296 g/mol. The molecule has 114 valence electrons. The highest BCUT2D eigenvalue weighted by atomic mass is 35.5. The second-order valence-corrected chi connectivity index (χ2v) is 4.30. The third-order valence-corrected chi connectivity index (χ3v) is 2.56. The summed E-state index contributed by atoms with van der Waals surface area (Å²) in [7, 11) is 6.80. The molecule has 0 atom stereocenters. The summed E-state index contributed by atoms with van der Waals surface area (Å²) in [5.74, 6) is -0.0782. The molecular formula is C12H26ClN3O3. The molecule has 1 N–H and O–H groups in total. The number of hydrogen-bond donors (Lipinski definition) is 1. The zero-order valence-electron chi connectivity index (χ0n) is 12.3. The molecule has 0 unspecified atom stereocenters. The lowest BCUT2D eigenvalue weighted by Gasteiger charge is -2.23. The van der Waals surface area contributed by atoms with E-state index in [2.05, 4.69) is 5.32 Å². The van der Waals surface area contributed by atoms with E-state index in [-0.39, 0.29) is 30.8 Å². The number of rotatable bonds is 9. The molecule has 0 saturated carbocycles. The Hall–Kier alpha value is -0.850. The van der Waals surface area contributed by atoms with Crippen molar-refractivity contribution in [2.45, 2.75) is 12.8 Å². The lowest BCUT2D eigenvalue weighted by atomic mass is 10.2. The van der Waals surface area contributed by atoms with Gasteiger partial charge in [0.15, 0.2) is 0 Å². The first kappa shape index (κ1) is 20.5. The Kier molecular flexibility index (Phi) is 13.1. The van der Waals surface area contributed by atoms with Crippen LogP contribution in [0.5, 0.6) is 0 Å². The van der Waals surface area contributed by atoms with Crippen molar-refractivity contribution in [3.8, 4) is 0 Å². The van der Waals surface area contributed by atoms with Crippen LogP contribution in [0.2, 0.25) is 0 Å². The molecule has 0 aliphatic carbocycles. The van der Waals surface area contributed by atoms with E-state index in [1.807, 2.05) is 7.05 Å². The number of carbonyl (C=O) groups excluding carboxylic acids is 2. The molecule has 19 heavy (non-hydrogen) atoms. The fourth-order valence-corrected chi connectivity index (χ4v) is 1.37. The number of amides is 2. The fraction of sp³-hybridized carbons (Fsp3) is 0.833. The first-order chi connectivity index (χ1) is 8.52. The van der Waals surface area contributed by atoms with Crippen molar-refractivity contribution in [3.05, 3.63) is 0 Å². The van der Waals surface area contributed by atoms with Crippen LogP contribution in [0.15, 0.2) is 0 Å². The zero-order valence-corrected chi connectivity index (χ0v) is 13.1. The fourth-order valence-electron chi connectivity index (χ4n) is 1.37. The van der Waals surface area contributed by atoms with Crippen LogP contribution in [0.3, 0.4) is 0 Å². The maximum absolute atomic E-state index is 12.0. The SMILES string of the molecule is CNCCCC(=O)N(CCOC)CC(=O)N(C)C.Cl. The van der Waals surface area contributed by atoms with Gasteiger partial charge in [0.25, 0.3) is 0 Å². The second-order valence-electron chi connectivity index (χ2n) is 4.30. The molecule has 0 aromatic heterocycles. The standard InChI is InChI=1S/C12H25N3O3.ClH/c1-13-7-5-6-11(16)15(8-9-18-4)10-12(17)14(2)3;/h13H,5-10H2,1-4H3;1H. The molecule has 0 heterocycles. The Morgan fingerprint density at radius 2 is 1.84 bits per heavy atom. The van der Waals surface area contributed by atoms with Gasteiger partial charge in [-0.05, 0) is 20.0 Å². The van der Waals surface area contributed by atoms with Crippen molar-refractivity contribution in [1.29, 1.82) is 0 Å². The largest absolute Gasteiger partial charge is 0.383 e. The molecule has 0 rings (SSSR count). The lowest BCUT2D eigenvalue weighted by Crippen LogP contribution is -2.42. The monoisotopic (exact) mass is 295 g/mol. The minimum Gasteiger partial charge on any atom is -0.383 e. The number of ether oxygens (including phenoxy) is 1. The molecule has 2 amide bonds. The Morgan fingerprint density at radius 3 is 2.32 bits per heavy atom. The maximum Gasteiger partial charge on any atom is 0.241 e. The van der Waals surface area contributed by atoms with Gasteiger partial charge in [0.05, 0.1) is 13.2 Å². The molecule has 0 bridgehead atoms. The molecule has 6 nitrogen and oxygen atoms in total. The van der Waals surface area contributed by atoms with E-state index >= 15 is 0 Å². The molecule has 0 aromatic carbocycles. The predicted molar refractivity (Wildman–Crippen MR) is 77.6 cm³/mol. The van der Waals surface area contributed by atoms with E-state index in [4.69, 9.17) is 4.74 Å². The lowest BCUT2D eigenvalue weighted by molar-refractivity contribution is -0.139. The summed E-state index contributed by atoms with van der Waals surface area (Å²) in [6.45, 7) is 1.81. The number of methoxy groups -OCH3 is 1. The van der Waals surface area contributed by atoms with Crippen LogP contribution in [0.4, 0.5) is 0 Å². The molecule has 0 aliphatic heterocycles. The van der Waals surface area contributed by atoms with Crippen molar-refractivity contribution >= 4 is 24.2 Å². The van der Waals surface area contributed by atoms with E-state index in [1.54, 1.807) is 26.1 Å². The van der Waals surface area contributed by atoms with E-state index in [0.29, 0.717) is 19.6 Å². The molecule has 0 aliphatic rings. The van der Waals surface area contributed by atoms with Gasteiger partial charge >= 0.3 is 0 Å². The minimum absolute atomic E-state index is 0. The van der Waals surface area contributed by atoms with Gasteiger partial charge in [0.2, 0.25) is 11.8 Å². The highest BCUT2D eigenvalue weighted by Crippen LogP contribution is 1.99. The number of nitrogens with zero attached hydrogens (tertiary/aromatic N) is 2. The van der Waals surface area contributed by atoms with Gasteiger partial charge in [-0.1, -0.05) is 0 Å². The summed E-state index contributed by atoms with van der Waals surface area (Å²) >= 11 is 0. The second kappa shape index (κ2) is 12.2. The van der Waals surface area contributed by atoms with Gasteiger partial charge in [0, 0.05) is 34.2 Å². The van der Waals surface area contributed by atoms with Crippen LogP contribution in [0, 0.1) is 0 Å². The Morgan fingerprint density at radius 1 is 1.21 bits per heavy atom. The molecular weight excluding hydrogens is 270 g/mol. The third-order valence-electron chi connectivity index (χ3n) is 2.56. The first-order valence-electron chi connectivity index (χ1n) is 6.14. The summed E-state index contributed by atoms with van der Waals surface area (Å²) in [6, 6.07) is 0. The van der Waals surface area contributed by atoms with E-state index < -0.39 is 0 Å². The summed E-state index contributed by atoms with van der Waals surface area (Å²) in [5, 5.41) is 2.99. The van der Waals surface area contributed by atoms with Crippen molar-refractivity contribution in [2.24, 2.45) is 0 Å².